The molecule has 1 aromatic carbocycles. The lowest BCUT2D eigenvalue weighted by molar-refractivity contribution is -0.129. The van der Waals surface area contributed by atoms with E-state index in [2.05, 4.69) is 32.8 Å². The number of methoxy groups -OCH3 is 2. The fraction of sp³-hybridized carbons (Fsp3) is 0.611. The van der Waals surface area contributed by atoms with E-state index in [0.29, 0.717) is 5.75 Å². The summed E-state index contributed by atoms with van der Waals surface area (Å²) in [6.45, 7) is 6.04. The molecular formula is C18H28N2O3S. The largest absolute Gasteiger partial charge is 0.497 e. The minimum absolute atomic E-state index is 0.0141. The van der Waals surface area contributed by atoms with Gasteiger partial charge in [-0.05, 0) is 31.6 Å². The number of nitrogens with zero attached hydrogens (tertiary/aromatic N) is 2. The third kappa shape index (κ3) is 4.36. The molecule has 134 valence electrons. The molecule has 1 heterocycles. The molecule has 1 aliphatic rings. The van der Waals surface area contributed by atoms with E-state index < -0.39 is 0 Å². The first-order valence-corrected chi connectivity index (χ1v) is 9.10. The Hall–Kier alpha value is -1.40. The molecule has 24 heavy (non-hydrogen) atoms. The van der Waals surface area contributed by atoms with Crippen molar-refractivity contribution >= 4 is 17.7 Å². The highest BCUT2D eigenvalue weighted by atomic mass is 32.2. The third-order valence-corrected chi connectivity index (χ3v) is 5.26. The first kappa shape index (κ1) is 18.9. The van der Waals surface area contributed by atoms with Gasteiger partial charge >= 0.3 is 0 Å². The number of ether oxygens (including phenoxy) is 2. The summed E-state index contributed by atoms with van der Waals surface area (Å²) in [6.07, 6.45) is 0. The maximum absolute atomic E-state index is 12.5. The molecule has 1 saturated heterocycles. The highest BCUT2D eigenvalue weighted by molar-refractivity contribution is 8.00. The number of carbonyl (C=O) groups excluding carboxylic acids is 1. The van der Waals surface area contributed by atoms with Crippen molar-refractivity contribution in [2.45, 2.75) is 19.2 Å². The Morgan fingerprint density at radius 3 is 2.58 bits per heavy atom. The van der Waals surface area contributed by atoms with Gasteiger partial charge in [0.2, 0.25) is 5.91 Å². The zero-order valence-electron chi connectivity index (χ0n) is 15.5. The molecular weight excluding hydrogens is 324 g/mol. The Morgan fingerprint density at radius 1 is 1.29 bits per heavy atom. The molecule has 0 bridgehead atoms. The molecule has 5 nitrogen and oxygen atoms in total. The van der Waals surface area contributed by atoms with Crippen LogP contribution in [0.2, 0.25) is 0 Å². The summed E-state index contributed by atoms with van der Waals surface area (Å²) in [5, 5.41) is -0.0141. The number of carbonyl (C=O) groups is 1. The number of hydrogen-bond donors (Lipinski definition) is 0. The van der Waals surface area contributed by atoms with Gasteiger partial charge in [0.05, 0.1) is 20.0 Å². The van der Waals surface area contributed by atoms with Crippen molar-refractivity contribution in [1.82, 2.24) is 9.80 Å². The van der Waals surface area contributed by atoms with Gasteiger partial charge < -0.3 is 19.3 Å². The second kappa shape index (κ2) is 7.66. The minimum Gasteiger partial charge on any atom is -0.497 e. The summed E-state index contributed by atoms with van der Waals surface area (Å²) in [5.41, 5.74) is 1.04. The van der Waals surface area contributed by atoms with Crippen LogP contribution in [0.4, 0.5) is 0 Å². The van der Waals surface area contributed by atoms with E-state index in [1.54, 1.807) is 26.0 Å². The monoisotopic (exact) mass is 352 g/mol. The minimum atomic E-state index is -0.0141. The Balaban J connectivity index is 2.27. The van der Waals surface area contributed by atoms with Gasteiger partial charge in [0.25, 0.3) is 0 Å². The van der Waals surface area contributed by atoms with Crippen molar-refractivity contribution in [3.8, 4) is 11.5 Å². The van der Waals surface area contributed by atoms with Crippen LogP contribution in [0.3, 0.4) is 0 Å². The number of hydrogen-bond acceptors (Lipinski definition) is 5. The summed E-state index contributed by atoms with van der Waals surface area (Å²) in [5.74, 6) is 2.22. The number of benzene rings is 1. The molecule has 6 heteroatoms. The Morgan fingerprint density at radius 2 is 2.00 bits per heavy atom. The highest BCUT2D eigenvalue weighted by Crippen LogP contribution is 2.44. The Bertz CT molecular complexity index is 590. The van der Waals surface area contributed by atoms with Crippen LogP contribution >= 0.6 is 11.8 Å². The van der Waals surface area contributed by atoms with Gasteiger partial charge in [0, 0.05) is 24.7 Å². The smallest absolute Gasteiger partial charge is 0.233 e. The SMILES string of the molecule is COc1ccc(C2SCC(=O)N2CC(C)(C)CN(C)C)c(OC)c1. The predicted molar refractivity (Wildman–Crippen MR) is 98.8 cm³/mol. The topological polar surface area (TPSA) is 42.0 Å². The molecule has 2 rings (SSSR count). The maximum Gasteiger partial charge on any atom is 0.233 e. The summed E-state index contributed by atoms with van der Waals surface area (Å²) in [4.78, 5) is 16.6. The lowest BCUT2D eigenvalue weighted by Gasteiger charge is -2.35. The number of thioether (sulfide) groups is 1. The lowest BCUT2D eigenvalue weighted by Crippen LogP contribution is -2.41. The van der Waals surface area contributed by atoms with Gasteiger partial charge in [-0.25, -0.2) is 0 Å². The second-order valence-corrected chi connectivity index (χ2v) is 8.26. The van der Waals surface area contributed by atoms with E-state index in [1.165, 1.54) is 0 Å². The summed E-state index contributed by atoms with van der Waals surface area (Å²) < 4.78 is 10.8. The number of amides is 1. The molecule has 0 aliphatic carbocycles. The van der Waals surface area contributed by atoms with Crippen LogP contribution in [-0.4, -0.2) is 62.9 Å². The van der Waals surface area contributed by atoms with E-state index in [9.17, 15) is 4.79 Å². The van der Waals surface area contributed by atoms with Crippen LogP contribution in [0.1, 0.15) is 24.8 Å². The van der Waals surface area contributed by atoms with Crippen molar-refractivity contribution in [3.63, 3.8) is 0 Å². The van der Waals surface area contributed by atoms with Crippen LogP contribution in [0.25, 0.3) is 0 Å². The van der Waals surface area contributed by atoms with Gasteiger partial charge in [0.15, 0.2) is 0 Å². The molecule has 0 radical (unpaired) electrons. The Labute approximate surface area is 149 Å². The van der Waals surface area contributed by atoms with Crippen LogP contribution in [0.5, 0.6) is 11.5 Å². The van der Waals surface area contributed by atoms with Crippen LogP contribution in [0.15, 0.2) is 18.2 Å². The van der Waals surface area contributed by atoms with E-state index >= 15 is 0 Å². The van der Waals surface area contributed by atoms with Crippen molar-refractivity contribution in [1.29, 1.82) is 0 Å². The van der Waals surface area contributed by atoms with E-state index in [-0.39, 0.29) is 16.7 Å². The van der Waals surface area contributed by atoms with E-state index in [1.807, 2.05) is 23.1 Å². The van der Waals surface area contributed by atoms with Gasteiger partial charge in [-0.3, -0.25) is 4.79 Å². The lowest BCUT2D eigenvalue weighted by atomic mass is 9.92. The third-order valence-electron chi connectivity index (χ3n) is 4.02. The van der Waals surface area contributed by atoms with Gasteiger partial charge in [0.1, 0.15) is 16.9 Å². The quantitative estimate of drug-likeness (QED) is 0.755. The van der Waals surface area contributed by atoms with Crippen molar-refractivity contribution in [2.75, 3.05) is 47.2 Å². The maximum atomic E-state index is 12.5. The highest BCUT2D eigenvalue weighted by Gasteiger charge is 2.37. The fourth-order valence-electron chi connectivity index (χ4n) is 3.27. The zero-order valence-corrected chi connectivity index (χ0v) is 16.3. The molecule has 1 aromatic rings. The summed E-state index contributed by atoms with van der Waals surface area (Å²) >= 11 is 1.66. The average molecular weight is 353 g/mol. The molecule has 0 spiro atoms. The Kier molecular flexibility index (Phi) is 6.04. The van der Waals surface area contributed by atoms with E-state index in [0.717, 1.165) is 30.2 Å². The predicted octanol–water partition coefficient (Wildman–Crippen LogP) is 2.87. The van der Waals surface area contributed by atoms with Crippen LogP contribution < -0.4 is 9.47 Å². The normalized spacial score (nSPS) is 18.4. The van der Waals surface area contributed by atoms with Gasteiger partial charge in [-0.1, -0.05) is 13.8 Å². The fourth-order valence-corrected chi connectivity index (χ4v) is 4.48. The average Bonchev–Trinajstić information content (AvgIpc) is 2.85. The zero-order chi connectivity index (χ0) is 17.9. The van der Waals surface area contributed by atoms with E-state index in [4.69, 9.17) is 9.47 Å². The molecule has 0 aromatic heterocycles. The van der Waals surface area contributed by atoms with Crippen LogP contribution in [0, 0.1) is 5.41 Å². The standard InChI is InChI=1S/C18H28N2O3S/c1-18(2,11-19(3)4)12-20-16(21)10-24-17(20)14-8-7-13(22-5)9-15(14)23-6/h7-9,17H,10-12H2,1-6H3. The molecule has 0 N–H and O–H groups in total. The first-order valence-electron chi connectivity index (χ1n) is 8.05. The van der Waals surface area contributed by atoms with Crippen molar-refractivity contribution in [3.05, 3.63) is 23.8 Å². The number of rotatable bonds is 7. The van der Waals surface area contributed by atoms with Crippen molar-refractivity contribution < 1.29 is 14.3 Å². The molecule has 1 amide bonds. The van der Waals surface area contributed by atoms with Gasteiger partial charge in [-0.2, -0.15) is 0 Å². The molecule has 1 aliphatic heterocycles. The van der Waals surface area contributed by atoms with Crippen LogP contribution in [-0.2, 0) is 4.79 Å². The second-order valence-electron chi connectivity index (χ2n) is 7.19. The molecule has 1 unspecified atom stereocenters. The van der Waals surface area contributed by atoms with Crippen molar-refractivity contribution in [2.24, 2.45) is 5.41 Å². The molecule has 0 saturated carbocycles. The molecule has 1 atom stereocenters. The summed E-state index contributed by atoms with van der Waals surface area (Å²) in [7, 11) is 7.41. The molecule has 1 fully saturated rings. The summed E-state index contributed by atoms with van der Waals surface area (Å²) in [6, 6.07) is 5.80. The first-order chi connectivity index (χ1) is 11.3. The van der Waals surface area contributed by atoms with Gasteiger partial charge in [-0.15, -0.1) is 11.8 Å².